The zero-order valence-corrected chi connectivity index (χ0v) is 12.3. The number of aromatic nitrogens is 2. The van der Waals surface area contributed by atoms with Crippen molar-refractivity contribution < 1.29 is 15.0 Å². The zero-order valence-electron chi connectivity index (χ0n) is 12.3. The molecule has 0 spiro atoms. The molecular weight excluding hydrogens is 300 g/mol. The second-order valence-corrected chi connectivity index (χ2v) is 4.99. The molecule has 2 aromatic rings. The van der Waals surface area contributed by atoms with E-state index in [4.69, 9.17) is 10.8 Å². The maximum atomic E-state index is 12.1. The van der Waals surface area contributed by atoms with Crippen LogP contribution in [-0.2, 0) is 4.79 Å². The van der Waals surface area contributed by atoms with Gasteiger partial charge < -0.3 is 21.3 Å². The summed E-state index contributed by atoms with van der Waals surface area (Å²) < 4.78 is 0. The first-order valence-electron chi connectivity index (χ1n) is 7.10. The van der Waals surface area contributed by atoms with E-state index in [0.717, 1.165) is 0 Å². The van der Waals surface area contributed by atoms with E-state index in [9.17, 15) is 14.7 Å². The van der Waals surface area contributed by atoms with E-state index >= 15 is 0 Å². The van der Waals surface area contributed by atoms with Gasteiger partial charge >= 0.3 is 5.97 Å². The second-order valence-electron chi connectivity index (χ2n) is 4.99. The average molecular weight is 318 g/mol. The Hall–Kier alpha value is -2.87. The highest BCUT2D eigenvalue weighted by Crippen LogP contribution is 2.23. The van der Waals surface area contributed by atoms with Gasteiger partial charge in [0, 0.05) is 6.54 Å². The molecule has 0 aliphatic heterocycles. The van der Waals surface area contributed by atoms with Gasteiger partial charge in [-0.25, -0.2) is 0 Å². The number of carbonyl (C=O) groups is 1. The molecule has 0 bridgehead atoms. The van der Waals surface area contributed by atoms with Gasteiger partial charge in [-0.15, -0.1) is 0 Å². The van der Waals surface area contributed by atoms with Gasteiger partial charge in [-0.2, -0.15) is 4.98 Å². The molecule has 122 valence electrons. The van der Waals surface area contributed by atoms with Gasteiger partial charge in [-0.3, -0.25) is 14.6 Å². The number of carboxylic acid groups (broad SMARTS) is 1. The fourth-order valence-electron chi connectivity index (χ4n) is 2.06. The van der Waals surface area contributed by atoms with E-state index in [1.165, 1.54) is 0 Å². The molecule has 0 fully saturated rings. The standard InChI is InChI=1S/C15H18N4O4/c16-10(14(22)23)7-4-8-17-15-18-12(20)11(13(21)19-15)9-5-2-1-3-6-9/h1-3,5-6,10H,4,7-8,16H2,(H,22,23)(H3,17,18,19,20,21)/t10-/m1/s1. The van der Waals surface area contributed by atoms with Gasteiger partial charge in [0.05, 0.1) is 0 Å². The smallest absolute Gasteiger partial charge is 0.320 e. The Labute approximate surface area is 132 Å². The van der Waals surface area contributed by atoms with Gasteiger partial charge in [0.25, 0.3) is 5.56 Å². The summed E-state index contributed by atoms with van der Waals surface area (Å²) in [7, 11) is 0. The first-order chi connectivity index (χ1) is 11.0. The minimum absolute atomic E-state index is 0.101. The predicted molar refractivity (Wildman–Crippen MR) is 85.3 cm³/mol. The number of aromatic hydroxyl groups is 1. The number of nitrogens with two attached hydrogens (primary N) is 1. The maximum Gasteiger partial charge on any atom is 0.320 e. The van der Waals surface area contributed by atoms with Crippen molar-refractivity contribution in [3.8, 4) is 17.0 Å². The van der Waals surface area contributed by atoms with Crippen molar-refractivity contribution in [1.82, 2.24) is 9.97 Å². The van der Waals surface area contributed by atoms with E-state index < -0.39 is 17.6 Å². The van der Waals surface area contributed by atoms with Crippen molar-refractivity contribution in [2.45, 2.75) is 18.9 Å². The predicted octanol–water partition coefficient (Wildman–Crippen LogP) is 0.746. The Kier molecular flexibility index (Phi) is 5.32. The van der Waals surface area contributed by atoms with Crippen LogP contribution in [0.2, 0.25) is 0 Å². The fourth-order valence-corrected chi connectivity index (χ4v) is 2.06. The number of carboxylic acids is 1. The molecule has 8 heteroatoms. The van der Waals surface area contributed by atoms with Crippen molar-refractivity contribution >= 4 is 11.9 Å². The van der Waals surface area contributed by atoms with Crippen molar-refractivity contribution in [3.05, 3.63) is 40.7 Å². The molecule has 0 radical (unpaired) electrons. The molecule has 23 heavy (non-hydrogen) atoms. The summed E-state index contributed by atoms with van der Waals surface area (Å²) in [5.74, 6) is -1.30. The zero-order chi connectivity index (χ0) is 16.8. The molecule has 0 aliphatic carbocycles. The number of nitrogens with one attached hydrogen (secondary N) is 2. The van der Waals surface area contributed by atoms with Crippen LogP contribution in [0.4, 0.5) is 5.95 Å². The van der Waals surface area contributed by atoms with Crippen LogP contribution in [0.3, 0.4) is 0 Å². The quantitative estimate of drug-likeness (QED) is 0.474. The number of hydrogen-bond donors (Lipinski definition) is 5. The monoisotopic (exact) mass is 318 g/mol. The molecule has 0 amide bonds. The molecular formula is C15H18N4O4. The van der Waals surface area contributed by atoms with Crippen molar-refractivity contribution in [2.75, 3.05) is 11.9 Å². The molecule has 1 aromatic heterocycles. The van der Waals surface area contributed by atoms with Crippen LogP contribution >= 0.6 is 0 Å². The number of aromatic amines is 1. The van der Waals surface area contributed by atoms with E-state index in [-0.39, 0.29) is 17.4 Å². The van der Waals surface area contributed by atoms with Crippen molar-refractivity contribution in [2.24, 2.45) is 5.73 Å². The average Bonchev–Trinajstić information content (AvgIpc) is 2.51. The molecule has 8 nitrogen and oxygen atoms in total. The first-order valence-corrected chi connectivity index (χ1v) is 7.10. The molecule has 0 saturated carbocycles. The van der Waals surface area contributed by atoms with E-state index in [1.54, 1.807) is 30.3 Å². The van der Waals surface area contributed by atoms with Crippen molar-refractivity contribution in [3.63, 3.8) is 0 Å². The Bertz CT molecular complexity index is 730. The summed E-state index contributed by atoms with van der Waals surface area (Å²) in [6.45, 7) is 0.369. The van der Waals surface area contributed by atoms with E-state index in [2.05, 4.69) is 15.3 Å². The van der Waals surface area contributed by atoms with Gasteiger partial charge in [-0.05, 0) is 18.4 Å². The van der Waals surface area contributed by atoms with Gasteiger partial charge in [0.15, 0.2) is 0 Å². The molecule has 6 N–H and O–H groups in total. The van der Waals surface area contributed by atoms with E-state index in [0.29, 0.717) is 24.9 Å². The number of rotatable bonds is 7. The highest BCUT2D eigenvalue weighted by atomic mass is 16.4. The van der Waals surface area contributed by atoms with Gasteiger partial charge in [0.1, 0.15) is 11.6 Å². The number of nitrogens with zero attached hydrogens (tertiary/aromatic N) is 1. The number of benzene rings is 1. The molecule has 0 unspecified atom stereocenters. The first kappa shape index (κ1) is 16.5. The Morgan fingerprint density at radius 3 is 2.65 bits per heavy atom. The topological polar surface area (TPSA) is 141 Å². The van der Waals surface area contributed by atoms with Crippen LogP contribution in [0.15, 0.2) is 35.1 Å². The maximum absolute atomic E-state index is 12.1. The molecule has 1 atom stereocenters. The van der Waals surface area contributed by atoms with Crippen LogP contribution in [-0.4, -0.2) is 38.7 Å². The SMILES string of the molecule is N[C@H](CCCNc1nc(O)c(-c2ccccc2)c(=O)[nH]1)C(=O)O. The number of H-pyrrole nitrogens is 1. The fraction of sp³-hybridized carbons (Fsp3) is 0.267. The van der Waals surface area contributed by atoms with Crippen LogP contribution in [0.1, 0.15) is 12.8 Å². The number of hydrogen-bond acceptors (Lipinski definition) is 6. The molecule has 2 rings (SSSR count). The summed E-state index contributed by atoms with van der Waals surface area (Å²) in [5.41, 5.74) is 5.59. The third-order valence-electron chi connectivity index (χ3n) is 3.26. The summed E-state index contributed by atoms with van der Waals surface area (Å²) in [6, 6.07) is 7.80. The van der Waals surface area contributed by atoms with Crippen LogP contribution < -0.4 is 16.6 Å². The second kappa shape index (κ2) is 7.41. The minimum atomic E-state index is -1.05. The van der Waals surface area contributed by atoms with Crippen LogP contribution in [0.25, 0.3) is 11.1 Å². The molecule has 0 aliphatic rings. The third kappa shape index (κ3) is 4.30. The minimum Gasteiger partial charge on any atom is -0.493 e. The summed E-state index contributed by atoms with van der Waals surface area (Å²) in [6.07, 6.45) is 0.777. The summed E-state index contributed by atoms with van der Waals surface area (Å²) in [4.78, 5) is 29.1. The lowest BCUT2D eigenvalue weighted by Crippen LogP contribution is -2.30. The lowest BCUT2D eigenvalue weighted by molar-refractivity contribution is -0.138. The van der Waals surface area contributed by atoms with Crippen LogP contribution in [0, 0.1) is 0 Å². The van der Waals surface area contributed by atoms with Gasteiger partial charge in [0.2, 0.25) is 11.8 Å². The molecule has 0 saturated heterocycles. The largest absolute Gasteiger partial charge is 0.493 e. The highest BCUT2D eigenvalue weighted by Gasteiger charge is 2.13. The van der Waals surface area contributed by atoms with Crippen LogP contribution in [0.5, 0.6) is 5.88 Å². The normalized spacial score (nSPS) is 11.9. The Morgan fingerprint density at radius 2 is 2.04 bits per heavy atom. The Balaban J connectivity index is 2.03. The number of anilines is 1. The lowest BCUT2D eigenvalue weighted by Gasteiger charge is -2.09. The molecule has 1 aromatic carbocycles. The lowest BCUT2D eigenvalue weighted by atomic mass is 10.1. The highest BCUT2D eigenvalue weighted by molar-refractivity contribution is 5.73. The van der Waals surface area contributed by atoms with Gasteiger partial charge in [-0.1, -0.05) is 30.3 Å². The molecule has 1 heterocycles. The summed E-state index contributed by atoms with van der Waals surface area (Å²) >= 11 is 0. The van der Waals surface area contributed by atoms with E-state index in [1.807, 2.05) is 0 Å². The summed E-state index contributed by atoms with van der Waals surface area (Å²) in [5, 5.41) is 21.5. The Morgan fingerprint density at radius 1 is 1.35 bits per heavy atom. The third-order valence-corrected chi connectivity index (χ3v) is 3.26. The number of aliphatic carboxylic acids is 1. The van der Waals surface area contributed by atoms with Crippen molar-refractivity contribution in [1.29, 1.82) is 0 Å².